The van der Waals surface area contributed by atoms with Crippen LogP contribution in [0, 0.1) is 0 Å². The van der Waals surface area contributed by atoms with Crippen LogP contribution in [0.25, 0.3) is 82.1 Å². The number of rotatable bonds is 6. The molecule has 0 spiro atoms. The van der Waals surface area contributed by atoms with Crippen molar-refractivity contribution in [2.45, 2.75) is 157 Å². The minimum absolute atomic E-state index is 0.0454. The molecule has 0 aliphatic carbocycles. The van der Waals surface area contributed by atoms with E-state index in [1.807, 2.05) is 0 Å². The van der Waals surface area contributed by atoms with E-state index in [2.05, 4.69) is 304 Å². The molecule has 78 heavy (non-hydrogen) atoms. The number of hydrogen-bond donors (Lipinski definition) is 0. The van der Waals surface area contributed by atoms with Crippen LogP contribution >= 0.6 is 0 Å². The number of hydrogen-bond acceptors (Lipinski definition) is 1. The Labute approximate surface area is 466 Å². The molecule has 10 aromatic carbocycles. The highest BCUT2D eigenvalue weighted by Gasteiger charge is 2.31. The first-order chi connectivity index (χ1) is 36.5. The van der Waals surface area contributed by atoms with Gasteiger partial charge in [-0.05, 0) is 153 Å². The van der Waals surface area contributed by atoms with Gasteiger partial charge in [0.05, 0.1) is 28.1 Å². The van der Waals surface area contributed by atoms with E-state index in [9.17, 15) is 0 Å². The van der Waals surface area contributed by atoms with Gasteiger partial charge in [0.15, 0.2) is 0 Å². The summed E-state index contributed by atoms with van der Waals surface area (Å²) in [5.41, 5.74) is 19.5. The molecule has 1 heterocycles. The van der Waals surface area contributed by atoms with E-state index < -0.39 is 0 Å². The number of anilines is 3. The summed E-state index contributed by atoms with van der Waals surface area (Å²) in [7, 11) is 0. The maximum absolute atomic E-state index is 2.66. The van der Waals surface area contributed by atoms with Gasteiger partial charge in [-0.3, -0.25) is 0 Å². The summed E-state index contributed by atoms with van der Waals surface area (Å²) in [4.78, 5) is 2.66. The summed E-state index contributed by atoms with van der Waals surface area (Å²) in [5.74, 6) is 0. The lowest BCUT2D eigenvalue weighted by molar-refractivity contribution is 0.568. The molecule has 2 heteroatoms. The predicted octanol–water partition coefficient (Wildman–Crippen LogP) is 22.3. The first-order valence-electron chi connectivity index (χ1n) is 28.6. The summed E-state index contributed by atoms with van der Waals surface area (Å²) in [6.07, 6.45) is 0. The third-order valence-corrected chi connectivity index (χ3v) is 16.8. The van der Waals surface area contributed by atoms with E-state index in [1.54, 1.807) is 0 Å². The summed E-state index contributed by atoms with van der Waals surface area (Å²) in [6, 6.07) is 66.4. The Hall–Kier alpha value is -7.16. The number of benzene rings is 10. The van der Waals surface area contributed by atoms with E-state index in [-0.39, 0.29) is 32.5 Å². The SMILES string of the molecule is CC(C)(C)c1cc(-c2cc(C(C)(C)C)ccc2-c2ccc(C(C)(C)C)cc2N(c2cc(C(C)(C)C)cc(C(C)(C)C)c2)c2ccc3ccc4c(-n5c6ccccc6c6ccccc65)ccc5ccc2c3c54)cc(C(C)(C)C)c1. The van der Waals surface area contributed by atoms with Crippen LogP contribution in [0.2, 0.25) is 0 Å². The second kappa shape index (κ2) is 18.2. The van der Waals surface area contributed by atoms with Crippen LogP contribution in [0.4, 0.5) is 17.1 Å². The van der Waals surface area contributed by atoms with Crippen LogP contribution in [0.1, 0.15) is 158 Å². The van der Waals surface area contributed by atoms with Crippen molar-refractivity contribution in [3.05, 3.63) is 203 Å². The summed E-state index contributed by atoms with van der Waals surface area (Å²) < 4.78 is 2.49. The van der Waals surface area contributed by atoms with Crippen LogP contribution in [0.5, 0.6) is 0 Å². The van der Waals surface area contributed by atoms with Gasteiger partial charge < -0.3 is 9.47 Å². The lowest BCUT2D eigenvalue weighted by atomic mass is 9.77. The molecule has 11 rings (SSSR count). The first kappa shape index (κ1) is 52.9. The van der Waals surface area contributed by atoms with Crippen molar-refractivity contribution in [1.29, 1.82) is 0 Å². The largest absolute Gasteiger partial charge is 0.309 e. The Kier molecular flexibility index (Phi) is 12.3. The minimum atomic E-state index is -0.129. The molecule has 0 saturated heterocycles. The number of nitrogens with zero attached hydrogens (tertiary/aromatic N) is 2. The highest BCUT2D eigenvalue weighted by atomic mass is 15.1. The molecule has 0 aliphatic heterocycles. The smallest absolute Gasteiger partial charge is 0.0543 e. The first-order valence-corrected chi connectivity index (χ1v) is 28.6. The Morgan fingerprint density at radius 1 is 0.295 bits per heavy atom. The zero-order valence-electron chi connectivity index (χ0n) is 50.1. The van der Waals surface area contributed by atoms with Gasteiger partial charge in [-0.2, -0.15) is 0 Å². The minimum Gasteiger partial charge on any atom is -0.309 e. The van der Waals surface area contributed by atoms with Gasteiger partial charge >= 0.3 is 0 Å². The second-order valence-corrected chi connectivity index (χ2v) is 28.9. The predicted molar refractivity (Wildman–Crippen MR) is 342 cm³/mol. The molecule has 0 radical (unpaired) electrons. The molecule has 11 aromatic rings. The van der Waals surface area contributed by atoms with Gasteiger partial charge in [-0.1, -0.05) is 246 Å². The zero-order valence-corrected chi connectivity index (χ0v) is 50.1. The maximum atomic E-state index is 2.66. The average Bonchev–Trinajstić information content (AvgIpc) is 3.83. The van der Waals surface area contributed by atoms with E-state index in [0.29, 0.717) is 0 Å². The lowest BCUT2D eigenvalue weighted by Crippen LogP contribution is -2.20. The molecule has 0 N–H and O–H groups in total. The van der Waals surface area contributed by atoms with E-state index in [0.717, 1.165) is 5.69 Å². The molecular weight excluding hydrogens is 941 g/mol. The molecule has 0 atom stereocenters. The highest BCUT2D eigenvalue weighted by molar-refractivity contribution is 6.27. The third kappa shape index (κ3) is 9.27. The van der Waals surface area contributed by atoms with Gasteiger partial charge in [0.2, 0.25) is 0 Å². The van der Waals surface area contributed by atoms with Crippen molar-refractivity contribution < 1.29 is 0 Å². The van der Waals surface area contributed by atoms with Gasteiger partial charge in [-0.25, -0.2) is 0 Å². The fourth-order valence-electron chi connectivity index (χ4n) is 11.9. The van der Waals surface area contributed by atoms with Gasteiger partial charge in [-0.15, -0.1) is 0 Å². The lowest BCUT2D eigenvalue weighted by Gasteiger charge is -2.34. The fourth-order valence-corrected chi connectivity index (χ4v) is 11.9. The van der Waals surface area contributed by atoms with E-state index in [1.165, 1.54) is 127 Å². The summed E-state index contributed by atoms with van der Waals surface area (Å²) in [6.45, 7) is 42.4. The van der Waals surface area contributed by atoms with Crippen LogP contribution in [0.3, 0.4) is 0 Å². The standard InChI is InChI=1S/C76H82N2/c1-71(2,3)50-31-35-57(63(45-50)49-39-52(73(7,8)9)41-53(40-49)74(10,11)12)60-36-32-51(72(4,5)6)46-68(60)77(56-43-54(75(13,14)15)42-55(44-56)76(16,17)18)66-37-29-47-28-34-62-67(38-30-48-27-33-61(66)69(47)70(48)62)78-64-25-21-19-23-58(64)59-24-20-22-26-65(59)78/h19-46H,1-18H3. The average molecular weight is 1020 g/mol. The zero-order chi connectivity index (χ0) is 55.8. The van der Waals surface area contributed by atoms with Crippen LogP contribution in [-0.2, 0) is 32.5 Å². The van der Waals surface area contributed by atoms with Crippen molar-refractivity contribution in [3.63, 3.8) is 0 Å². The maximum Gasteiger partial charge on any atom is 0.0543 e. The van der Waals surface area contributed by atoms with Gasteiger partial charge in [0, 0.05) is 32.8 Å². The van der Waals surface area contributed by atoms with Crippen LogP contribution in [-0.4, -0.2) is 4.57 Å². The van der Waals surface area contributed by atoms with Crippen molar-refractivity contribution in [2.75, 3.05) is 4.90 Å². The molecule has 2 nitrogen and oxygen atoms in total. The van der Waals surface area contributed by atoms with Crippen LogP contribution < -0.4 is 4.90 Å². The van der Waals surface area contributed by atoms with Crippen molar-refractivity contribution in [3.8, 4) is 27.9 Å². The molecule has 396 valence electrons. The second-order valence-electron chi connectivity index (χ2n) is 28.9. The van der Waals surface area contributed by atoms with Crippen molar-refractivity contribution in [2.24, 2.45) is 0 Å². The molecular formula is C76H82N2. The Bertz CT molecular complexity index is 4010. The van der Waals surface area contributed by atoms with Crippen molar-refractivity contribution in [1.82, 2.24) is 4.57 Å². The molecule has 0 saturated carbocycles. The molecule has 1 aromatic heterocycles. The number of aromatic nitrogens is 1. The third-order valence-electron chi connectivity index (χ3n) is 16.8. The van der Waals surface area contributed by atoms with Gasteiger partial charge in [0.1, 0.15) is 0 Å². The van der Waals surface area contributed by atoms with E-state index in [4.69, 9.17) is 0 Å². The topological polar surface area (TPSA) is 8.17 Å². The molecule has 0 fully saturated rings. The fraction of sp³-hybridized carbons (Fsp3) is 0.316. The van der Waals surface area contributed by atoms with Gasteiger partial charge in [0.25, 0.3) is 0 Å². The molecule has 0 bridgehead atoms. The molecule has 0 unspecified atom stereocenters. The Balaban J connectivity index is 1.27. The molecule has 0 amide bonds. The van der Waals surface area contributed by atoms with E-state index >= 15 is 0 Å². The number of fused-ring (bicyclic) bond motifs is 3. The Morgan fingerprint density at radius 3 is 1.23 bits per heavy atom. The van der Waals surface area contributed by atoms with Crippen molar-refractivity contribution >= 4 is 71.2 Å². The highest BCUT2D eigenvalue weighted by Crippen LogP contribution is 2.52. The van der Waals surface area contributed by atoms with Crippen LogP contribution in [0.15, 0.2) is 170 Å². The monoisotopic (exact) mass is 1020 g/mol. The summed E-state index contributed by atoms with van der Waals surface area (Å²) >= 11 is 0. The normalized spacial score (nSPS) is 13.3. The quantitative estimate of drug-likeness (QED) is 0.151. The summed E-state index contributed by atoms with van der Waals surface area (Å²) in [5, 5.41) is 10.1. The Morgan fingerprint density at radius 2 is 0.718 bits per heavy atom. The molecule has 0 aliphatic rings. The number of para-hydroxylation sites is 2.